The summed E-state index contributed by atoms with van der Waals surface area (Å²) in [5.74, 6) is 0.676. The van der Waals surface area contributed by atoms with Crippen molar-refractivity contribution in [2.45, 2.75) is 0 Å². The molecule has 232 valence electrons. The quantitative estimate of drug-likeness (QED) is 0.178. The van der Waals surface area contributed by atoms with E-state index in [1.54, 1.807) is 11.3 Å². The minimum absolute atomic E-state index is 0.676. The first kappa shape index (κ1) is 27.6. The van der Waals surface area contributed by atoms with Crippen molar-refractivity contribution in [1.29, 1.82) is 0 Å². The van der Waals surface area contributed by atoms with E-state index in [0.717, 1.165) is 43.5 Å². The number of para-hydroxylation sites is 1. The van der Waals surface area contributed by atoms with Gasteiger partial charge < -0.3 is 0 Å². The number of hydrogen-bond donors (Lipinski definition) is 0. The molecule has 3 aromatic heterocycles. The fourth-order valence-corrected chi connectivity index (χ4v) is 9.24. The minimum atomic E-state index is 0.676. The average Bonchev–Trinajstić information content (AvgIpc) is 3.74. The van der Waals surface area contributed by atoms with Gasteiger partial charge in [-0.05, 0) is 56.3 Å². The van der Waals surface area contributed by atoms with Gasteiger partial charge in [-0.3, -0.25) is 4.57 Å². The van der Waals surface area contributed by atoms with Gasteiger partial charge in [0, 0.05) is 31.8 Å². The molecular weight excluding hydrogens is 627 g/mol. The SMILES string of the molecule is c1ccc(-c2ccccc2-c2nc(-n3c4ccccc4c4c5c6ccccc6c6ccccc6c5ccc43)nc3c2sc2ccccc23)cc1. The average molecular weight is 654 g/mol. The Hall–Kier alpha value is -6.36. The van der Waals surface area contributed by atoms with Crippen molar-refractivity contribution < 1.29 is 0 Å². The highest BCUT2D eigenvalue weighted by Crippen LogP contribution is 2.45. The van der Waals surface area contributed by atoms with Crippen LogP contribution in [0, 0.1) is 0 Å². The normalized spacial score (nSPS) is 12.0. The van der Waals surface area contributed by atoms with Gasteiger partial charge in [-0.25, -0.2) is 9.97 Å². The van der Waals surface area contributed by atoms with Crippen molar-refractivity contribution in [3.63, 3.8) is 0 Å². The molecule has 0 bridgehead atoms. The summed E-state index contributed by atoms with van der Waals surface area (Å²) in [6.07, 6.45) is 0. The van der Waals surface area contributed by atoms with Crippen LogP contribution >= 0.6 is 11.3 Å². The highest BCUT2D eigenvalue weighted by Gasteiger charge is 2.23. The summed E-state index contributed by atoms with van der Waals surface area (Å²) in [5, 5.41) is 11.2. The van der Waals surface area contributed by atoms with Gasteiger partial charge in [-0.2, -0.15) is 0 Å². The topological polar surface area (TPSA) is 30.7 Å². The van der Waals surface area contributed by atoms with Crippen LogP contribution in [0.3, 0.4) is 0 Å². The Morgan fingerprint density at radius 1 is 0.400 bits per heavy atom. The van der Waals surface area contributed by atoms with Crippen LogP contribution < -0.4 is 0 Å². The Morgan fingerprint density at radius 2 is 0.980 bits per heavy atom. The fraction of sp³-hybridized carbons (Fsp3) is 0. The molecule has 0 saturated carbocycles. The molecule has 0 spiro atoms. The zero-order valence-electron chi connectivity index (χ0n) is 26.8. The highest BCUT2D eigenvalue weighted by atomic mass is 32.1. The van der Waals surface area contributed by atoms with E-state index in [2.05, 4.69) is 168 Å². The smallest absolute Gasteiger partial charge is 0.235 e. The van der Waals surface area contributed by atoms with Crippen molar-refractivity contribution in [3.8, 4) is 28.3 Å². The predicted octanol–water partition coefficient (Wildman–Crippen LogP) is 12.7. The number of rotatable bonds is 3. The molecule has 8 aromatic carbocycles. The Morgan fingerprint density at radius 3 is 1.76 bits per heavy atom. The van der Waals surface area contributed by atoms with Crippen LogP contribution in [-0.4, -0.2) is 14.5 Å². The van der Waals surface area contributed by atoms with Crippen LogP contribution in [-0.2, 0) is 0 Å². The Balaban J connectivity index is 1.31. The molecule has 0 atom stereocenters. The van der Waals surface area contributed by atoms with Crippen molar-refractivity contribution in [2.24, 2.45) is 0 Å². The molecule has 0 fully saturated rings. The first-order valence-corrected chi connectivity index (χ1v) is 17.7. The second-order valence-electron chi connectivity index (χ2n) is 12.9. The third-order valence-corrected chi connectivity index (χ3v) is 11.4. The summed E-state index contributed by atoms with van der Waals surface area (Å²) in [6.45, 7) is 0. The van der Waals surface area contributed by atoms with Gasteiger partial charge >= 0.3 is 0 Å². The number of fused-ring (bicyclic) bond motifs is 13. The summed E-state index contributed by atoms with van der Waals surface area (Å²) in [5.41, 5.74) is 7.55. The minimum Gasteiger partial charge on any atom is -0.278 e. The van der Waals surface area contributed by atoms with Crippen LogP contribution in [0.1, 0.15) is 0 Å². The third kappa shape index (κ3) is 3.85. The molecular formula is C46H27N3S. The van der Waals surface area contributed by atoms with Crippen LogP contribution in [0.2, 0.25) is 0 Å². The third-order valence-electron chi connectivity index (χ3n) is 10.2. The number of hydrogen-bond acceptors (Lipinski definition) is 3. The molecule has 0 N–H and O–H groups in total. The summed E-state index contributed by atoms with van der Waals surface area (Å²) in [7, 11) is 0. The van der Waals surface area contributed by atoms with E-state index in [-0.39, 0.29) is 0 Å². The van der Waals surface area contributed by atoms with Gasteiger partial charge in [0.2, 0.25) is 5.95 Å². The highest BCUT2D eigenvalue weighted by molar-refractivity contribution is 7.26. The van der Waals surface area contributed by atoms with E-state index in [1.807, 2.05) is 0 Å². The number of aromatic nitrogens is 3. The number of nitrogens with zero attached hydrogens (tertiary/aromatic N) is 3. The molecule has 0 aliphatic rings. The first-order chi connectivity index (χ1) is 24.8. The lowest BCUT2D eigenvalue weighted by atomic mass is 9.92. The van der Waals surface area contributed by atoms with Crippen molar-refractivity contribution in [2.75, 3.05) is 0 Å². The van der Waals surface area contributed by atoms with Gasteiger partial charge in [0.1, 0.15) is 0 Å². The zero-order chi connectivity index (χ0) is 32.8. The van der Waals surface area contributed by atoms with E-state index in [0.29, 0.717) is 5.95 Å². The van der Waals surface area contributed by atoms with Crippen molar-refractivity contribution in [1.82, 2.24) is 14.5 Å². The largest absolute Gasteiger partial charge is 0.278 e. The van der Waals surface area contributed by atoms with E-state index in [9.17, 15) is 0 Å². The van der Waals surface area contributed by atoms with Crippen molar-refractivity contribution >= 4 is 85.8 Å². The van der Waals surface area contributed by atoms with Crippen LogP contribution in [0.5, 0.6) is 0 Å². The molecule has 0 unspecified atom stereocenters. The standard InChI is InChI=1S/C46H27N3S/c1-2-14-28(15-3-1)29-16-4-9-21-35(29)43-45-44(37-23-11-13-25-40(37)50-45)48-46(47-43)49-38-24-12-10-22-36(38)42-39(49)27-26-34-32-19-6-5-17-30(32)31-18-7-8-20-33(31)41(34)42/h1-27H. The zero-order valence-corrected chi connectivity index (χ0v) is 27.7. The molecule has 0 amide bonds. The maximum atomic E-state index is 5.55. The maximum absolute atomic E-state index is 5.55. The maximum Gasteiger partial charge on any atom is 0.235 e. The Bertz CT molecular complexity index is 3120. The monoisotopic (exact) mass is 653 g/mol. The molecule has 0 saturated heterocycles. The van der Waals surface area contributed by atoms with Gasteiger partial charge in [-0.15, -0.1) is 11.3 Å². The molecule has 11 rings (SSSR count). The van der Waals surface area contributed by atoms with Gasteiger partial charge in [0.15, 0.2) is 0 Å². The van der Waals surface area contributed by atoms with Gasteiger partial charge in [0.05, 0.1) is 26.9 Å². The summed E-state index contributed by atoms with van der Waals surface area (Å²) >= 11 is 1.77. The van der Waals surface area contributed by atoms with E-state index in [4.69, 9.17) is 9.97 Å². The molecule has 3 heterocycles. The molecule has 11 aromatic rings. The van der Waals surface area contributed by atoms with Crippen LogP contribution in [0.15, 0.2) is 164 Å². The molecule has 50 heavy (non-hydrogen) atoms. The van der Waals surface area contributed by atoms with Crippen LogP contribution in [0.4, 0.5) is 0 Å². The molecule has 3 nitrogen and oxygen atoms in total. The summed E-state index contributed by atoms with van der Waals surface area (Å²) in [4.78, 5) is 11.0. The molecule has 0 radical (unpaired) electrons. The number of thiophene rings is 1. The number of benzene rings is 8. The lowest BCUT2D eigenvalue weighted by molar-refractivity contribution is 1.02. The van der Waals surface area contributed by atoms with E-state index >= 15 is 0 Å². The first-order valence-electron chi connectivity index (χ1n) is 16.9. The van der Waals surface area contributed by atoms with Crippen molar-refractivity contribution in [3.05, 3.63) is 164 Å². The lowest BCUT2D eigenvalue weighted by Gasteiger charge is -2.14. The lowest BCUT2D eigenvalue weighted by Crippen LogP contribution is -2.03. The summed E-state index contributed by atoms with van der Waals surface area (Å²) in [6, 6.07) is 58.8. The molecule has 0 aliphatic heterocycles. The van der Waals surface area contributed by atoms with E-state index in [1.165, 1.54) is 53.4 Å². The fourth-order valence-electron chi connectivity index (χ4n) is 8.09. The van der Waals surface area contributed by atoms with Gasteiger partial charge in [0.25, 0.3) is 0 Å². The predicted molar refractivity (Wildman–Crippen MR) is 213 cm³/mol. The molecule has 0 aliphatic carbocycles. The second kappa shape index (κ2) is 10.6. The molecule has 4 heteroatoms. The van der Waals surface area contributed by atoms with E-state index < -0.39 is 0 Å². The second-order valence-corrected chi connectivity index (χ2v) is 13.9. The Kier molecular flexibility index (Phi) is 5.83. The summed E-state index contributed by atoms with van der Waals surface area (Å²) < 4.78 is 4.59. The van der Waals surface area contributed by atoms with Gasteiger partial charge in [-0.1, -0.05) is 146 Å². The Labute approximate surface area is 291 Å². The van der Waals surface area contributed by atoms with Crippen LogP contribution in [0.25, 0.3) is 103 Å².